The van der Waals surface area contributed by atoms with Gasteiger partial charge in [0.05, 0.1) is 17.1 Å². The Morgan fingerprint density at radius 3 is 2.00 bits per heavy atom. The Kier molecular flexibility index (Phi) is 6.75. The van der Waals surface area contributed by atoms with Crippen LogP contribution < -0.4 is 22.1 Å². The largest absolute Gasteiger partial charge is 0.354 e. The molecule has 0 amide bonds. The van der Waals surface area contributed by atoms with Crippen molar-refractivity contribution in [2.24, 2.45) is 7.05 Å². The van der Waals surface area contributed by atoms with E-state index in [1.54, 1.807) is 61.6 Å². The van der Waals surface area contributed by atoms with Crippen LogP contribution in [0.15, 0.2) is 99.3 Å². The Hall–Kier alpha value is -4.40. The molecule has 0 atom stereocenters. The van der Waals surface area contributed by atoms with Crippen molar-refractivity contribution < 1.29 is 0 Å². The van der Waals surface area contributed by atoms with Gasteiger partial charge in [0.2, 0.25) is 0 Å². The second-order valence-electron chi connectivity index (χ2n) is 9.25. The van der Waals surface area contributed by atoms with Crippen LogP contribution in [0.3, 0.4) is 0 Å². The number of nitrogens with zero attached hydrogens (tertiary/aromatic N) is 4. The summed E-state index contributed by atoms with van der Waals surface area (Å²) in [6, 6.07) is 24.5. The first-order valence-corrected chi connectivity index (χ1v) is 12.4. The van der Waals surface area contributed by atoms with Gasteiger partial charge in [-0.3, -0.25) is 14.2 Å². The van der Waals surface area contributed by atoms with Crippen molar-refractivity contribution in [1.82, 2.24) is 18.6 Å². The molecule has 2 heterocycles. The molecule has 0 aliphatic heterocycles. The third-order valence-electron chi connectivity index (χ3n) is 6.27. The fraction of sp³-hybridized carbons (Fsp3) is 0.138. The van der Waals surface area contributed by atoms with Crippen molar-refractivity contribution in [2.75, 3.05) is 19.4 Å². The predicted molar refractivity (Wildman–Crippen MR) is 153 cm³/mol. The van der Waals surface area contributed by atoms with Crippen molar-refractivity contribution in [3.63, 3.8) is 0 Å². The zero-order valence-electron chi connectivity index (χ0n) is 21.2. The van der Waals surface area contributed by atoms with Crippen molar-refractivity contribution in [3.8, 4) is 11.4 Å². The lowest BCUT2D eigenvalue weighted by molar-refractivity contribution is 0.403. The SMILES string of the molecule is CN(C)Cc1cc(Cl)ccc1Nc1cc(=O)n(C)c2c1c(=O)n(-c1ccccc1)c(=O)n2-c1ccccc1. The van der Waals surface area contributed by atoms with Gasteiger partial charge in [0.15, 0.2) is 0 Å². The highest BCUT2D eigenvalue weighted by molar-refractivity contribution is 6.30. The lowest BCUT2D eigenvalue weighted by Crippen LogP contribution is -2.40. The second kappa shape index (κ2) is 10.2. The molecule has 0 saturated heterocycles. The van der Waals surface area contributed by atoms with E-state index in [-0.39, 0.29) is 16.6 Å². The van der Waals surface area contributed by atoms with Gasteiger partial charge < -0.3 is 10.2 Å². The molecule has 5 rings (SSSR count). The molecule has 0 bridgehead atoms. The molecule has 0 spiro atoms. The fourth-order valence-electron chi connectivity index (χ4n) is 4.56. The summed E-state index contributed by atoms with van der Waals surface area (Å²) in [5, 5.41) is 4.08. The normalized spacial score (nSPS) is 11.3. The number of pyridine rings is 1. The molecule has 0 aliphatic rings. The highest BCUT2D eigenvalue weighted by atomic mass is 35.5. The number of para-hydroxylation sites is 2. The third-order valence-corrected chi connectivity index (χ3v) is 6.51. The zero-order valence-corrected chi connectivity index (χ0v) is 21.9. The summed E-state index contributed by atoms with van der Waals surface area (Å²) < 4.78 is 3.86. The molecule has 0 fully saturated rings. The van der Waals surface area contributed by atoms with Gasteiger partial charge in [0.1, 0.15) is 11.0 Å². The van der Waals surface area contributed by atoms with Gasteiger partial charge in [-0.25, -0.2) is 13.9 Å². The van der Waals surface area contributed by atoms with E-state index in [1.165, 1.54) is 15.2 Å². The van der Waals surface area contributed by atoms with Crippen LogP contribution in [-0.4, -0.2) is 32.7 Å². The molecular formula is C29H26ClN5O3. The first-order valence-electron chi connectivity index (χ1n) is 12.0. The van der Waals surface area contributed by atoms with Crippen LogP contribution in [0.4, 0.5) is 11.4 Å². The standard InChI is InChI=1S/C29H26ClN5O3/c1-32(2)18-19-16-20(30)14-15-23(19)31-24-17-25(36)33(3)27-26(24)28(37)35(22-12-8-5-9-13-22)29(38)34(27)21-10-6-4-7-11-21/h4-17,31H,18H2,1-3H3. The summed E-state index contributed by atoms with van der Waals surface area (Å²) in [5.41, 5.74) is 1.53. The van der Waals surface area contributed by atoms with Crippen molar-refractivity contribution in [1.29, 1.82) is 0 Å². The molecule has 2 aromatic heterocycles. The minimum absolute atomic E-state index is 0.191. The topological polar surface area (TPSA) is 81.3 Å². The highest BCUT2D eigenvalue weighted by Gasteiger charge is 2.22. The minimum atomic E-state index is -0.577. The monoisotopic (exact) mass is 527 g/mol. The molecular weight excluding hydrogens is 502 g/mol. The van der Waals surface area contributed by atoms with Crippen LogP contribution in [0.5, 0.6) is 0 Å². The van der Waals surface area contributed by atoms with E-state index in [2.05, 4.69) is 5.32 Å². The number of aromatic nitrogens is 3. The van der Waals surface area contributed by atoms with Gasteiger partial charge in [0, 0.05) is 30.4 Å². The molecule has 8 nitrogen and oxygen atoms in total. The average molecular weight is 528 g/mol. The van der Waals surface area contributed by atoms with Gasteiger partial charge in [-0.05, 0) is 62.1 Å². The molecule has 0 radical (unpaired) electrons. The Bertz CT molecular complexity index is 1820. The summed E-state index contributed by atoms with van der Waals surface area (Å²) in [7, 11) is 5.43. The third kappa shape index (κ3) is 4.55. The Labute approximate surface area is 223 Å². The molecule has 0 unspecified atom stereocenters. The van der Waals surface area contributed by atoms with Crippen molar-refractivity contribution in [3.05, 3.63) is 127 Å². The number of hydrogen-bond donors (Lipinski definition) is 1. The van der Waals surface area contributed by atoms with Gasteiger partial charge in [-0.15, -0.1) is 0 Å². The first-order chi connectivity index (χ1) is 18.3. The summed E-state index contributed by atoms with van der Waals surface area (Å²) in [6.07, 6.45) is 0. The number of anilines is 2. The van der Waals surface area contributed by atoms with Gasteiger partial charge >= 0.3 is 5.69 Å². The van der Waals surface area contributed by atoms with E-state index in [1.807, 2.05) is 43.3 Å². The first kappa shape index (κ1) is 25.3. The fourth-order valence-corrected chi connectivity index (χ4v) is 4.76. The summed E-state index contributed by atoms with van der Waals surface area (Å²) >= 11 is 6.27. The number of nitrogens with one attached hydrogen (secondary N) is 1. The molecule has 9 heteroatoms. The molecule has 192 valence electrons. The van der Waals surface area contributed by atoms with Gasteiger partial charge in [0.25, 0.3) is 11.1 Å². The number of fused-ring (bicyclic) bond motifs is 1. The van der Waals surface area contributed by atoms with Gasteiger partial charge in [-0.2, -0.15) is 0 Å². The highest BCUT2D eigenvalue weighted by Crippen LogP contribution is 2.28. The molecule has 0 aliphatic carbocycles. The van der Waals surface area contributed by atoms with E-state index in [9.17, 15) is 14.4 Å². The van der Waals surface area contributed by atoms with E-state index in [0.717, 1.165) is 10.1 Å². The maximum absolute atomic E-state index is 14.1. The summed E-state index contributed by atoms with van der Waals surface area (Å²) in [5.74, 6) is 0. The Morgan fingerprint density at radius 2 is 1.39 bits per heavy atom. The zero-order chi connectivity index (χ0) is 27.0. The molecule has 0 saturated carbocycles. The number of benzene rings is 3. The van der Waals surface area contributed by atoms with Crippen molar-refractivity contribution >= 4 is 34.0 Å². The minimum Gasteiger partial charge on any atom is -0.354 e. The quantitative estimate of drug-likeness (QED) is 0.356. The smallest absolute Gasteiger partial charge is 0.341 e. The lowest BCUT2D eigenvalue weighted by atomic mass is 10.1. The maximum Gasteiger partial charge on any atom is 0.341 e. The Balaban J connectivity index is 1.90. The summed E-state index contributed by atoms with van der Waals surface area (Å²) in [4.78, 5) is 43.2. The van der Waals surface area contributed by atoms with E-state index < -0.39 is 11.2 Å². The van der Waals surface area contributed by atoms with Crippen LogP contribution in [0, 0.1) is 0 Å². The van der Waals surface area contributed by atoms with Crippen LogP contribution in [0.1, 0.15) is 5.56 Å². The second-order valence-corrected chi connectivity index (χ2v) is 9.68. The van der Waals surface area contributed by atoms with Crippen LogP contribution in [0.2, 0.25) is 5.02 Å². The molecule has 1 N–H and O–H groups in total. The van der Waals surface area contributed by atoms with Gasteiger partial charge in [-0.1, -0.05) is 48.0 Å². The number of aryl methyl sites for hydroxylation is 1. The van der Waals surface area contributed by atoms with Crippen LogP contribution >= 0.6 is 11.6 Å². The van der Waals surface area contributed by atoms with Crippen LogP contribution in [-0.2, 0) is 13.6 Å². The molecule has 5 aromatic rings. The average Bonchev–Trinajstić information content (AvgIpc) is 2.89. The predicted octanol–water partition coefficient (Wildman–Crippen LogP) is 4.30. The molecule has 3 aromatic carbocycles. The number of halogens is 1. The number of rotatable bonds is 6. The van der Waals surface area contributed by atoms with E-state index >= 15 is 0 Å². The van der Waals surface area contributed by atoms with E-state index in [0.29, 0.717) is 34.3 Å². The molecule has 38 heavy (non-hydrogen) atoms. The van der Waals surface area contributed by atoms with Crippen molar-refractivity contribution in [2.45, 2.75) is 6.54 Å². The summed E-state index contributed by atoms with van der Waals surface area (Å²) in [6.45, 7) is 0.578. The van der Waals surface area contributed by atoms with E-state index in [4.69, 9.17) is 11.6 Å². The Morgan fingerprint density at radius 1 is 0.789 bits per heavy atom. The number of hydrogen-bond acceptors (Lipinski definition) is 5. The van der Waals surface area contributed by atoms with Crippen LogP contribution in [0.25, 0.3) is 22.4 Å². The maximum atomic E-state index is 14.1. The lowest BCUT2D eigenvalue weighted by Gasteiger charge is -2.20.